The third-order valence-electron chi connectivity index (χ3n) is 1.98. The Morgan fingerprint density at radius 1 is 1.46 bits per heavy atom. The zero-order valence-corrected chi connectivity index (χ0v) is 9.18. The van der Waals surface area contributed by atoms with Crippen molar-refractivity contribution in [2.24, 2.45) is 0 Å². The lowest BCUT2D eigenvalue weighted by molar-refractivity contribution is 0.0696. The van der Waals surface area contributed by atoms with E-state index in [1.807, 2.05) is 19.9 Å². The van der Waals surface area contributed by atoms with Gasteiger partial charge in [0.05, 0.1) is 5.56 Å². The molecule has 1 aromatic rings. The molecule has 1 rings (SSSR count). The van der Waals surface area contributed by atoms with Gasteiger partial charge in [0.1, 0.15) is 0 Å². The molecule has 2 nitrogen and oxygen atoms in total. The molecular formula is C10H11BrO2. The normalized spacial score (nSPS) is 10.1. The number of halogens is 1. The van der Waals surface area contributed by atoms with Crippen molar-refractivity contribution in [2.45, 2.75) is 19.2 Å². The van der Waals surface area contributed by atoms with Crippen LogP contribution in [0.25, 0.3) is 0 Å². The average Bonchev–Trinajstić information content (AvgIpc) is 2.02. The first kappa shape index (κ1) is 10.3. The van der Waals surface area contributed by atoms with Crippen molar-refractivity contribution in [1.29, 1.82) is 0 Å². The largest absolute Gasteiger partial charge is 0.478 e. The van der Waals surface area contributed by atoms with Crippen LogP contribution in [0.4, 0.5) is 0 Å². The number of aromatic carboxylic acids is 1. The first-order valence-corrected chi connectivity index (χ1v) is 5.07. The summed E-state index contributed by atoms with van der Waals surface area (Å²) in [5, 5.41) is 9.51. The molecule has 1 aromatic carbocycles. The lowest BCUT2D eigenvalue weighted by atomic mass is 10.0. The van der Waals surface area contributed by atoms with Gasteiger partial charge in [-0.05, 0) is 36.6 Å². The lowest BCUT2D eigenvalue weighted by Crippen LogP contribution is -2.03. The van der Waals surface area contributed by atoms with Crippen LogP contribution in [0.3, 0.4) is 0 Å². The Bertz CT molecular complexity index is 345. The highest BCUT2D eigenvalue weighted by molar-refractivity contribution is 9.08. The number of rotatable bonds is 2. The van der Waals surface area contributed by atoms with E-state index in [-0.39, 0.29) is 0 Å². The van der Waals surface area contributed by atoms with Gasteiger partial charge in [0.2, 0.25) is 0 Å². The summed E-state index contributed by atoms with van der Waals surface area (Å²) in [5.41, 5.74) is 3.27. The fourth-order valence-electron chi connectivity index (χ4n) is 1.37. The summed E-state index contributed by atoms with van der Waals surface area (Å²) >= 11 is 3.29. The first-order valence-electron chi connectivity index (χ1n) is 3.95. The molecule has 0 bridgehead atoms. The minimum Gasteiger partial charge on any atom is -0.478 e. The standard InChI is InChI=1S/C10H11BrO2/c1-6-3-7(2)9(5-11)8(4-6)10(12)13/h3-4H,5H2,1-2H3,(H,12,13). The number of carboxylic acids is 1. The lowest BCUT2D eigenvalue weighted by Gasteiger charge is -2.07. The minimum absolute atomic E-state index is 0.398. The molecule has 0 aliphatic rings. The molecule has 0 fully saturated rings. The van der Waals surface area contributed by atoms with Gasteiger partial charge >= 0.3 is 5.97 Å². The van der Waals surface area contributed by atoms with Crippen molar-refractivity contribution in [3.8, 4) is 0 Å². The zero-order chi connectivity index (χ0) is 10.0. The zero-order valence-electron chi connectivity index (χ0n) is 7.60. The fourth-order valence-corrected chi connectivity index (χ4v) is 2.11. The van der Waals surface area contributed by atoms with Gasteiger partial charge in [-0.15, -0.1) is 0 Å². The van der Waals surface area contributed by atoms with Gasteiger partial charge in [0.25, 0.3) is 0 Å². The maximum Gasteiger partial charge on any atom is 0.336 e. The van der Waals surface area contributed by atoms with Crippen LogP contribution in [-0.2, 0) is 5.33 Å². The number of carboxylic acid groups (broad SMARTS) is 1. The first-order chi connectivity index (χ1) is 6.06. The summed E-state index contributed by atoms with van der Waals surface area (Å²) in [7, 11) is 0. The van der Waals surface area contributed by atoms with Crippen LogP contribution in [-0.4, -0.2) is 11.1 Å². The molecule has 0 atom stereocenters. The molecule has 0 aliphatic heterocycles. The van der Waals surface area contributed by atoms with Crippen molar-refractivity contribution in [2.75, 3.05) is 0 Å². The highest BCUT2D eigenvalue weighted by Gasteiger charge is 2.11. The van der Waals surface area contributed by atoms with E-state index in [0.717, 1.165) is 16.7 Å². The van der Waals surface area contributed by atoms with Crippen LogP contribution in [0, 0.1) is 13.8 Å². The summed E-state index contributed by atoms with van der Waals surface area (Å²) in [6, 6.07) is 3.69. The Hall–Kier alpha value is -0.830. The van der Waals surface area contributed by atoms with Gasteiger partial charge in [-0.3, -0.25) is 0 Å². The Morgan fingerprint density at radius 2 is 2.08 bits per heavy atom. The number of hydrogen-bond acceptors (Lipinski definition) is 1. The van der Waals surface area contributed by atoms with E-state index in [2.05, 4.69) is 15.9 Å². The van der Waals surface area contributed by atoms with Gasteiger partial charge < -0.3 is 5.11 Å². The van der Waals surface area contributed by atoms with Gasteiger partial charge in [-0.2, -0.15) is 0 Å². The fraction of sp³-hybridized carbons (Fsp3) is 0.300. The van der Waals surface area contributed by atoms with Gasteiger partial charge in [0, 0.05) is 5.33 Å². The molecule has 1 N–H and O–H groups in total. The second kappa shape index (κ2) is 3.92. The number of carbonyl (C=O) groups is 1. The van der Waals surface area contributed by atoms with Crippen LogP contribution in [0.15, 0.2) is 12.1 Å². The highest BCUT2D eigenvalue weighted by atomic mass is 79.9. The molecule has 0 saturated carbocycles. The van der Waals surface area contributed by atoms with Crippen LogP contribution in [0.1, 0.15) is 27.0 Å². The van der Waals surface area contributed by atoms with Crippen LogP contribution in [0.2, 0.25) is 0 Å². The van der Waals surface area contributed by atoms with Crippen LogP contribution < -0.4 is 0 Å². The van der Waals surface area contributed by atoms with Crippen LogP contribution >= 0.6 is 15.9 Å². The molecule has 70 valence electrons. The number of hydrogen-bond donors (Lipinski definition) is 1. The number of alkyl halides is 1. The summed E-state index contributed by atoms with van der Waals surface area (Å²) < 4.78 is 0. The Kier molecular flexibility index (Phi) is 3.09. The predicted octanol–water partition coefficient (Wildman–Crippen LogP) is 2.90. The minimum atomic E-state index is -0.860. The van der Waals surface area contributed by atoms with Gasteiger partial charge in [-0.25, -0.2) is 4.79 Å². The van der Waals surface area contributed by atoms with E-state index in [1.165, 1.54) is 0 Å². The maximum absolute atomic E-state index is 10.9. The molecule has 13 heavy (non-hydrogen) atoms. The molecule has 0 radical (unpaired) electrons. The molecule has 3 heteroatoms. The van der Waals surface area contributed by atoms with Crippen molar-refractivity contribution >= 4 is 21.9 Å². The van der Waals surface area contributed by atoms with Crippen LogP contribution in [0.5, 0.6) is 0 Å². The Balaban J connectivity index is 3.38. The van der Waals surface area contributed by atoms with E-state index in [0.29, 0.717) is 10.9 Å². The van der Waals surface area contributed by atoms with Crippen molar-refractivity contribution in [1.82, 2.24) is 0 Å². The van der Waals surface area contributed by atoms with Gasteiger partial charge in [0.15, 0.2) is 0 Å². The molecular weight excluding hydrogens is 232 g/mol. The second-order valence-corrected chi connectivity index (χ2v) is 3.61. The highest BCUT2D eigenvalue weighted by Crippen LogP contribution is 2.19. The molecule has 0 heterocycles. The van der Waals surface area contributed by atoms with E-state index in [1.54, 1.807) is 6.07 Å². The van der Waals surface area contributed by atoms with E-state index >= 15 is 0 Å². The summed E-state index contributed by atoms with van der Waals surface area (Å²) in [5.74, 6) is -0.860. The second-order valence-electron chi connectivity index (χ2n) is 3.05. The quantitative estimate of drug-likeness (QED) is 0.811. The maximum atomic E-state index is 10.9. The summed E-state index contributed by atoms with van der Waals surface area (Å²) in [6.45, 7) is 3.83. The van der Waals surface area contributed by atoms with Gasteiger partial charge in [-0.1, -0.05) is 22.0 Å². The Morgan fingerprint density at radius 3 is 2.54 bits per heavy atom. The van der Waals surface area contributed by atoms with Crippen molar-refractivity contribution in [3.63, 3.8) is 0 Å². The topological polar surface area (TPSA) is 37.3 Å². The van der Waals surface area contributed by atoms with E-state index < -0.39 is 5.97 Å². The molecule has 0 aromatic heterocycles. The number of aryl methyl sites for hydroxylation is 2. The average molecular weight is 243 g/mol. The third-order valence-corrected chi connectivity index (χ3v) is 2.54. The third kappa shape index (κ3) is 2.10. The summed E-state index contributed by atoms with van der Waals surface area (Å²) in [4.78, 5) is 10.9. The molecule has 0 saturated heterocycles. The van der Waals surface area contributed by atoms with E-state index in [4.69, 9.17) is 5.11 Å². The van der Waals surface area contributed by atoms with Crippen molar-refractivity contribution in [3.05, 3.63) is 34.4 Å². The molecule has 0 unspecified atom stereocenters. The smallest absolute Gasteiger partial charge is 0.336 e. The molecule has 0 amide bonds. The molecule has 0 spiro atoms. The predicted molar refractivity (Wildman–Crippen MR) is 55.5 cm³/mol. The Labute approximate surface area is 85.7 Å². The molecule has 0 aliphatic carbocycles. The SMILES string of the molecule is Cc1cc(C)c(CBr)c(C(=O)O)c1. The van der Waals surface area contributed by atoms with E-state index in [9.17, 15) is 4.79 Å². The van der Waals surface area contributed by atoms with Crippen molar-refractivity contribution < 1.29 is 9.90 Å². The summed E-state index contributed by atoms with van der Waals surface area (Å²) in [6.07, 6.45) is 0. The number of benzene rings is 1. The monoisotopic (exact) mass is 242 g/mol.